The summed E-state index contributed by atoms with van der Waals surface area (Å²) in [6, 6.07) is 3.41. The molecule has 0 heterocycles. The third-order valence-electron chi connectivity index (χ3n) is 2.52. The van der Waals surface area contributed by atoms with Gasteiger partial charge in [-0.05, 0) is 24.6 Å². The minimum Gasteiger partial charge on any atom is -0.478 e. The second kappa shape index (κ2) is 7.04. The van der Waals surface area contributed by atoms with Crippen LogP contribution >= 0.6 is 0 Å². The van der Waals surface area contributed by atoms with Gasteiger partial charge >= 0.3 is 5.97 Å². The molecule has 0 aromatic heterocycles. The highest BCUT2D eigenvalue weighted by Crippen LogP contribution is 2.18. The lowest BCUT2D eigenvalue weighted by Gasteiger charge is -2.10. The Morgan fingerprint density at radius 2 is 2.00 bits per heavy atom. The third kappa shape index (κ3) is 4.72. The van der Waals surface area contributed by atoms with E-state index in [1.54, 1.807) is 0 Å². The molecule has 0 atom stereocenters. The zero-order chi connectivity index (χ0) is 16.0. The van der Waals surface area contributed by atoms with Crippen LogP contribution in [0.2, 0.25) is 0 Å². The Kier molecular flexibility index (Phi) is 5.68. The van der Waals surface area contributed by atoms with Crippen LogP contribution in [0.3, 0.4) is 0 Å². The zero-order valence-corrected chi connectivity index (χ0v) is 12.2. The molecule has 5 N–H and O–H groups in total. The number of nitrogens with two attached hydrogens (primary N) is 1. The van der Waals surface area contributed by atoms with Crippen molar-refractivity contribution in [2.24, 2.45) is 0 Å². The van der Waals surface area contributed by atoms with Crippen LogP contribution in [0.15, 0.2) is 23.1 Å². The number of sulfonamides is 1. The first-order valence-electron chi connectivity index (χ1n) is 6.17. The predicted molar refractivity (Wildman–Crippen MR) is 76.3 cm³/mol. The number of nitrogens with one attached hydrogen (secondary N) is 2. The van der Waals surface area contributed by atoms with Crippen molar-refractivity contribution >= 4 is 27.6 Å². The van der Waals surface area contributed by atoms with Crippen LogP contribution in [0, 0.1) is 0 Å². The molecule has 0 saturated carbocycles. The number of carboxylic acids is 1. The molecule has 0 bridgehead atoms. The fourth-order valence-corrected chi connectivity index (χ4v) is 2.67. The molecular weight excluding hydrogens is 298 g/mol. The largest absolute Gasteiger partial charge is 0.478 e. The van der Waals surface area contributed by atoms with E-state index in [0.29, 0.717) is 6.54 Å². The minimum absolute atomic E-state index is 0.132. The van der Waals surface area contributed by atoms with E-state index in [0.717, 1.165) is 18.6 Å². The van der Waals surface area contributed by atoms with Gasteiger partial charge in [0.15, 0.2) is 0 Å². The summed E-state index contributed by atoms with van der Waals surface area (Å²) in [5.41, 5.74) is 5.13. The maximum atomic E-state index is 12.1. The van der Waals surface area contributed by atoms with Crippen LogP contribution in [-0.4, -0.2) is 38.5 Å². The maximum absolute atomic E-state index is 12.1. The molecular formula is C12H17N3O5S. The van der Waals surface area contributed by atoms with Crippen molar-refractivity contribution in [1.82, 2.24) is 10.0 Å². The lowest BCUT2D eigenvalue weighted by molar-refractivity contribution is -0.119. The Balaban J connectivity index is 2.93. The zero-order valence-electron chi connectivity index (χ0n) is 11.4. The van der Waals surface area contributed by atoms with Crippen molar-refractivity contribution in [1.29, 1.82) is 0 Å². The van der Waals surface area contributed by atoms with Crippen molar-refractivity contribution in [3.05, 3.63) is 23.8 Å². The molecule has 0 aliphatic carbocycles. The number of carboxylic acid groups (broad SMARTS) is 1. The van der Waals surface area contributed by atoms with E-state index in [1.807, 2.05) is 6.92 Å². The van der Waals surface area contributed by atoms with Gasteiger partial charge in [-0.25, -0.2) is 17.9 Å². The van der Waals surface area contributed by atoms with E-state index >= 15 is 0 Å². The average molecular weight is 315 g/mol. The van der Waals surface area contributed by atoms with Crippen LogP contribution in [0.5, 0.6) is 0 Å². The summed E-state index contributed by atoms with van der Waals surface area (Å²) in [6.07, 6.45) is 0.722. The standard InChI is InChI=1S/C12H17N3O5S/c1-2-5-14-11(16)7-15-21(19,20)10-4-3-8(13)6-9(10)12(17)18/h3-4,6,15H,2,5,7,13H2,1H3,(H,14,16)(H,17,18). The fourth-order valence-electron chi connectivity index (χ4n) is 1.51. The van der Waals surface area contributed by atoms with E-state index in [9.17, 15) is 18.0 Å². The van der Waals surface area contributed by atoms with Crippen LogP contribution in [0.4, 0.5) is 5.69 Å². The summed E-state index contributed by atoms with van der Waals surface area (Å²) in [5.74, 6) is -1.91. The molecule has 0 spiro atoms. The molecule has 21 heavy (non-hydrogen) atoms. The summed E-state index contributed by atoms with van der Waals surface area (Å²) in [5, 5.41) is 11.5. The molecule has 1 rings (SSSR count). The Morgan fingerprint density at radius 3 is 2.57 bits per heavy atom. The van der Waals surface area contributed by atoms with Crippen molar-refractivity contribution in [2.45, 2.75) is 18.2 Å². The summed E-state index contributed by atoms with van der Waals surface area (Å²) in [4.78, 5) is 22.0. The molecule has 9 heteroatoms. The first-order valence-corrected chi connectivity index (χ1v) is 7.65. The summed E-state index contributed by atoms with van der Waals surface area (Å²) in [6.45, 7) is 1.83. The highest BCUT2D eigenvalue weighted by molar-refractivity contribution is 7.89. The van der Waals surface area contributed by atoms with Gasteiger partial charge in [0.1, 0.15) is 0 Å². The molecule has 1 aromatic carbocycles. The van der Waals surface area contributed by atoms with Gasteiger partial charge in [0.25, 0.3) is 0 Å². The number of nitrogen functional groups attached to an aromatic ring is 1. The number of carbonyl (C=O) groups excluding carboxylic acids is 1. The third-order valence-corrected chi connectivity index (χ3v) is 3.98. The van der Waals surface area contributed by atoms with E-state index in [1.165, 1.54) is 6.07 Å². The van der Waals surface area contributed by atoms with Gasteiger partial charge in [-0.2, -0.15) is 0 Å². The number of rotatable bonds is 7. The van der Waals surface area contributed by atoms with Gasteiger partial charge in [0, 0.05) is 12.2 Å². The molecule has 1 aromatic rings. The molecule has 116 valence electrons. The first kappa shape index (κ1) is 16.9. The van der Waals surface area contributed by atoms with Crippen molar-refractivity contribution in [3.63, 3.8) is 0 Å². The Morgan fingerprint density at radius 1 is 1.33 bits per heavy atom. The van der Waals surface area contributed by atoms with Crippen LogP contribution < -0.4 is 15.8 Å². The molecule has 0 unspecified atom stereocenters. The summed E-state index contributed by atoms with van der Waals surface area (Å²) in [7, 11) is -4.12. The SMILES string of the molecule is CCCNC(=O)CNS(=O)(=O)c1ccc(N)cc1C(=O)O. The number of aromatic carboxylic acids is 1. The number of benzene rings is 1. The van der Waals surface area contributed by atoms with Gasteiger partial charge < -0.3 is 16.2 Å². The van der Waals surface area contributed by atoms with Gasteiger partial charge in [0.2, 0.25) is 15.9 Å². The topological polar surface area (TPSA) is 139 Å². The van der Waals surface area contributed by atoms with Crippen LogP contribution in [0.25, 0.3) is 0 Å². The second-order valence-electron chi connectivity index (χ2n) is 4.24. The molecule has 8 nitrogen and oxygen atoms in total. The minimum atomic E-state index is -4.12. The fraction of sp³-hybridized carbons (Fsp3) is 0.333. The molecule has 0 saturated heterocycles. The van der Waals surface area contributed by atoms with Gasteiger partial charge in [0.05, 0.1) is 17.0 Å². The molecule has 0 radical (unpaired) electrons. The smallest absolute Gasteiger partial charge is 0.337 e. The molecule has 0 fully saturated rings. The summed E-state index contributed by atoms with van der Waals surface area (Å²) < 4.78 is 26.2. The number of amides is 1. The molecule has 1 amide bonds. The Hall–Kier alpha value is -2.13. The van der Waals surface area contributed by atoms with Gasteiger partial charge in [-0.3, -0.25) is 4.79 Å². The lowest BCUT2D eigenvalue weighted by atomic mass is 10.2. The number of hydrogen-bond acceptors (Lipinski definition) is 5. The predicted octanol–water partition coefficient (Wildman–Crippen LogP) is -0.228. The Bertz CT molecular complexity index is 642. The van der Waals surface area contributed by atoms with E-state index in [-0.39, 0.29) is 5.69 Å². The lowest BCUT2D eigenvalue weighted by Crippen LogP contribution is -2.37. The second-order valence-corrected chi connectivity index (χ2v) is 5.97. The van der Waals surface area contributed by atoms with Gasteiger partial charge in [-0.15, -0.1) is 0 Å². The van der Waals surface area contributed by atoms with E-state index in [2.05, 4.69) is 10.0 Å². The quantitative estimate of drug-likeness (QED) is 0.513. The first-order chi connectivity index (χ1) is 9.77. The van der Waals surface area contributed by atoms with Crippen LogP contribution in [0.1, 0.15) is 23.7 Å². The van der Waals surface area contributed by atoms with Crippen molar-refractivity contribution in [3.8, 4) is 0 Å². The number of hydrogen-bond donors (Lipinski definition) is 4. The van der Waals surface area contributed by atoms with Crippen LogP contribution in [-0.2, 0) is 14.8 Å². The summed E-state index contributed by atoms with van der Waals surface area (Å²) >= 11 is 0. The maximum Gasteiger partial charge on any atom is 0.337 e. The number of carbonyl (C=O) groups is 2. The van der Waals surface area contributed by atoms with E-state index < -0.39 is 38.9 Å². The van der Waals surface area contributed by atoms with E-state index in [4.69, 9.17) is 10.8 Å². The monoisotopic (exact) mass is 315 g/mol. The van der Waals surface area contributed by atoms with Crippen molar-refractivity contribution in [2.75, 3.05) is 18.8 Å². The Labute approximate surface area is 122 Å². The normalized spacial score (nSPS) is 11.1. The highest BCUT2D eigenvalue weighted by Gasteiger charge is 2.23. The molecule has 0 aliphatic rings. The van der Waals surface area contributed by atoms with Gasteiger partial charge in [-0.1, -0.05) is 6.92 Å². The highest BCUT2D eigenvalue weighted by atomic mass is 32.2. The molecule has 0 aliphatic heterocycles. The number of anilines is 1. The average Bonchev–Trinajstić information content (AvgIpc) is 2.42. The van der Waals surface area contributed by atoms with Crippen molar-refractivity contribution < 1.29 is 23.1 Å².